The number of aromatic nitrogens is 3. The molecule has 0 bridgehead atoms. The zero-order chi connectivity index (χ0) is 19.2. The maximum absolute atomic E-state index is 13.1. The van der Waals surface area contributed by atoms with E-state index < -0.39 is 0 Å². The molecule has 0 radical (unpaired) electrons. The Morgan fingerprint density at radius 2 is 2.07 bits per heavy atom. The second-order valence-corrected chi connectivity index (χ2v) is 7.06. The van der Waals surface area contributed by atoms with Gasteiger partial charge in [-0.25, -0.2) is 9.67 Å². The lowest BCUT2D eigenvalue weighted by atomic mass is 10.3. The number of unbranched alkanes of at least 4 members (excludes halogenated alkanes) is 1. The molecule has 0 saturated heterocycles. The van der Waals surface area contributed by atoms with E-state index in [1.807, 2.05) is 31.2 Å². The van der Waals surface area contributed by atoms with Gasteiger partial charge in [-0.1, -0.05) is 36.8 Å². The number of amides is 1. The molecule has 142 valence electrons. The van der Waals surface area contributed by atoms with E-state index in [2.05, 4.69) is 10.1 Å². The number of carbonyl (C=O) groups is 1. The molecule has 0 saturated carbocycles. The molecule has 8 heteroatoms. The summed E-state index contributed by atoms with van der Waals surface area (Å²) in [6.07, 6.45) is 1.77. The number of rotatable bonds is 8. The molecular formula is C19H22N4O3S. The number of carbonyl (C=O) groups excluding carboxylic acids is 1. The molecule has 0 unspecified atom stereocenters. The van der Waals surface area contributed by atoms with Crippen LogP contribution in [-0.2, 0) is 11.3 Å². The first-order chi connectivity index (χ1) is 13.1. The van der Waals surface area contributed by atoms with Crippen LogP contribution in [0.5, 0.6) is 0 Å². The van der Waals surface area contributed by atoms with Gasteiger partial charge >= 0.3 is 0 Å². The van der Waals surface area contributed by atoms with Crippen LogP contribution in [0.1, 0.15) is 30.3 Å². The molecule has 2 aromatic heterocycles. The van der Waals surface area contributed by atoms with Crippen molar-refractivity contribution in [2.45, 2.75) is 26.3 Å². The molecule has 0 aliphatic carbocycles. The lowest BCUT2D eigenvalue weighted by molar-refractivity contribution is 0.0968. The highest BCUT2D eigenvalue weighted by Gasteiger charge is 2.23. The molecule has 1 amide bonds. The van der Waals surface area contributed by atoms with Crippen LogP contribution in [0.15, 0.2) is 41.2 Å². The molecule has 1 aromatic carbocycles. The molecule has 0 aliphatic rings. The van der Waals surface area contributed by atoms with Gasteiger partial charge in [0.1, 0.15) is 5.69 Å². The second-order valence-electron chi connectivity index (χ2n) is 6.05. The van der Waals surface area contributed by atoms with Gasteiger partial charge in [0.05, 0.1) is 23.4 Å². The van der Waals surface area contributed by atoms with Crippen LogP contribution in [0, 0.1) is 0 Å². The minimum absolute atomic E-state index is 0.205. The predicted molar refractivity (Wildman–Crippen MR) is 107 cm³/mol. The molecule has 7 nitrogen and oxygen atoms in total. The fourth-order valence-corrected chi connectivity index (χ4v) is 3.60. The van der Waals surface area contributed by atoms with E-state index >= 15 is 0 Å². The molecule has 3 rings (SSSR count). The number of methoxy groups -OCH3 is 1. The minimum Gasteiger partial charge on any atom is -0.383 e. The van der Waals surface area contributed by atoms with E-state index in [-0.39, 0.29) is 17.2 Å². The summed E-state index contributed by atoms with van der Waals surface area (Å²) in [5.41, 5.74) is 0.859. The number of aryl methyl sites for hydroxylation is 1. The normalized spacial score (nSPS) is 11.0. The van der Waals surface area contributed by atoms with E-state index in [0.29, 0.717) is 24.8 Å². The van der Waals surface area contributed by atoms with E-state index in [1.165, 1.54) is 28.2 Å². The fourth-order valence-electron chi connectivity index (χ4n) is 2.61. The predicted octanol–water partition coefficient (Wildman–Crippen LogP) is 2.95. The first kappa shape index (κ1) is 19.2. The largest absolute Gasteiger partial charge is 0.383 e. The van der Waals surface area contributed by atoms with E-state index in [0.717, 1.165) is 23.1 Å². The highest BCUT2D eigenvalue weighted by atomic mass is 32.1. The molecule has 0 atom stereocenters. The van der Waals surface area contributed by atoms with Crippen LogP contribution in [0.3, 0.4) is 0 Å². The Bertz CT molecular complexity index is 949. The fraction of sp³-hybridized carbons (Fsp3) is 0.368. The van der Waals surface area contributed by atoms with Gasteiger partial charge in [0.15, 0.2) is 5.13 Å². The van der Waals surface area contributed by atoms with Gasteiger partial charge in [0.25, 0.3) is 11.5 Å². The quantitative estimate of drug-likeness (QED) is 0.595. The molecule has 0 aliphatic heterocycles. The van der Waals surface area contributed by atoms with Crippen molar-refractivity contribution in [1.82, 2.24) is 14.8 Å². The maximum Gasteiger partial charge on any atom is 0.280 e. The van der Waals surface area contributed by atoms with Crippen molar-refractivity contribution < 1.29 is 9.53 Å². The second kappa shape index (κ2) is 8.88. The van der Waals surface area contributed by atoms with Crippen molar-refractivity contribution in [3.05, 3.63) is 52.4 Å². The summed E-state index contributed by atoms with van der Waals surface area (Å²) < 4.78 is 7.51. The van der Waals surface area contributed by atoms with Crippen LogP contribution in [0.2, 0.25) is 0 Å². The van der Waals surface area contributed by atoms with Crippen molar-refractivity contribution >= 4 is 32.6 Å². The Morgan fingerprint density at radius 3 is 2.81 bits per heavy atom. The zero-order valence-electron chi connectivity index (χ0n) is 15.4. The summed E-state index contributed by atoms with van der Waals surface area (Å²) in [5, 5.41) is 4.86. The Morgan fingerprint density at radius 1 is 1.26 bits per heavy atom. The van der Waals surface area contributed by atoms with E-state index in [9.17, 15) is 9.59 Å². The number of ether oxygens (including phenoxy) is 1. The van der Waals surface area contributed by atoms with E-state index in [4.69, 9.17) is 4.74 Å². The van der Waals surface area contributed by atoms with Crippen LogP contribution < -0.4 is 10.5 Å². The summed E-state index contributed by atoms with van der Waals surface area (Å²) in [5.74, 6) is -0.295. The van der Waals surface area contributed by atoms with Crippen LogP contribution in [-0.4, -0.2) is 40.9 Å². The van der Waals surface area contributed by atoms with Gasteiger partial charge < -0.3 is 4.74 Å². The van der Waals surface area contributed by atoms with Gasteiger partial charge in [0.2, 0.25) is 0 Å². The monoisotopic (exact) mass is 386 g/mol. The van der Waals surface area contributed by atoms with Crippen LogP contribution in [0.4, 0.5) is 5.13 Å². The average molecular weight is 386 g/mol. The number of benzene rings is 1. The maximum atomic E-state index is 13.1. The number of thiazole rings is 1. The number of hydrogen-bond acceptors (Lipinski definition) is 6. The van der Waals surface area contributed by atoms with Gasteiger partial charge in [-0.05, 0) is 24.6 Å². The third-order valence-electron chi connectivity index (χ3n) is 4.09. The SMILES string of the molecule is CCCCn1nc(C(=O)N(CCOC)c2nc3ccccc3s2)ccc1=O. The zero-order valence-corrected chi connectivity index (χ0v) is 16.2. The summed E-state index contributed by atoms with van der Waals surface area (Å²) in [4.78, 5) is 31.2. The third-order valence-corrected chi connectivity index (χ3v) is 5.15. The Labute approximate surface area is 161 Å². The first-order valence-corrected chi connectivity index (χ1v) is 9.70. The Hall–Kier alpha value is -2.58. The highest BCUT2D eigenvalue weighted by molar-refractivity contribution is 7.22. The molecule has 0 spiro atoms. The Kier molecular flexibility index (Phi) is 6.31. The number of anilines is 1. The topological polar surface area (TPSA) is 77.3 Å². The third kappa shape index (κ3) is 4.40. The lowest BCUT2D eigenvalue weighted by Crippen LogP contribution is -2.36. The number of hydrogen-bond donors (Lipinski definition) is 0. The van der Waals surface area contributed by atoms with Crippen molar-refractivity contribution in [3.8, 4) is 0 Å². The summed E-state index contributed by atoms with van der Waals surface area (Å²) in [6, 6.07) is 10.6. The summed E-state index contributed by atoms with van der Waals surface area (Å²) >= 11 is 1.44. The molecule has 27 heavy (non-hydrogen) atoms. The van der Waals surface area contributed by atoms with Crippen LogP contribution in [0.25, 0.3) is 10.2 Å². The van der Waals surface area contributed by atoms with Gasteiger partial charge in [-0.2, -0.15) is 5.10 Å². The van der Waals surface area contributed by atoms with Crippen LogP contribution >= 0.6 is 11.3 Å². The Balaban J connectivity index is 1.94. The first-order valence-electron chi connectivity index (χ1n) is 8.88. The highest BCUT2D eigenvalue weighted by Crippen LogP contribution is 2.29. The van der Waals surface area contributed by atoms with Crippen molar-refractivity contribution in [3.63, 3.8) is 0 Å². The standard InChI is InChI=1S/C19H22N4O3S/c1-3-4-11-23-17(24)10-9-15(21-23)18(25)22(12-13-26-2)19-20-14-7-5-6-8-16(14)27-19/h5-10H,3-4,11-13H2,1-2H3. The van der Waals surface area contributed by atoms with Crippen molar-refractivity contribution in [1.29, 1.82) is 0 Å². The summed E-state index contributed by atoms with van der Waals surface area (Å²) in [7, 11) is 1.59. The van der Waals surface area contributed by atoms with Gasteiger partial charge in [-0.15, -0.1) is 0 Å². The molecule has 2 heterocycles. The minimum atomic E-state index is -0.295. The molecule has 0 fully saturated rings. The number of nitrogens with zero attached hydrogens (tertiary/aromatic N) is 4. The van der Waals surface area contributed by atoms with Gasteiger partial charge in [-0.3, -0.25) is 14.5 Å². The van der Waals surface area contributed by atoms with Crippen molar-refractivity contribution in [2.75, 3.05) is 25.2 Å². The van der Waals surface area contributed by atoms with Crippen molar-refractivity contribution in [2.24, 2.45) is 0 Å². The molecule has 0 N–H and O–H groups in total. The molecule has 3 aromatic rings. The number of fused-ring (bicyclic) bond motifs is 1. The average Bonchev–Trinajstić information content (AvgIpc) is 3.11. The lowest BCUT2D eigenvalue weighted by Gasteiger charge is -2.19. The molecular weight excluding hydrogens is 364 g/mol. The summed E-state index contributed by atoms with van der Waals surface area (Å²) in [6.45, 7) is 3.26. The van der Waals surface area contributed by atoms with E-state index in [1.54, 1.807) is 12.0 Å². The van der Waals surface area contributed by atoms with Gasteiger partial charge in [0, 0.05) is 19.7 Å². The number of para-hydroxylation sites is 1. The smallest absolute Gasteiger partial charge is 0.280 e.